The summed E-state index contributed by atoms with van der Waals surface area (Å²) in [6, 6.07) is 3.97. The molecule has 6 heteroatoms. The van der Waals surface area contributed by atoms with Gasteiger partial charge in [-0.1, -0.05) is 25.4 Å². The van der Waals surface area contributed by atoms with Gasteiger partial charge in [-0.25, -0.2) is 9.59 Å². The molecule has 0 fully saturated rings. The smallest absolute Gasteiger partial charge is 0.337 e. The Kier molecular flexibility index (Phi) is 5.18. The molecular formula is C13H17ClN2O3. The molecule has 19 heavy (non-hydrogen) atoms. The van der Waals surface area contributed by atoms with Crippen molar-refractivity contribution in [2.45, 2.75) is 13.8 Å². The van der Waals surface area contributed by atoms with Gasteiger partial charge in [0, 0.05) is 18.6 Å². The molecule has 104 valence electrons. The molecular weight excluding hydrogens is 268 g/mol. The van der Waals surface area contributed by atoms with Gasteiger partial charge in [-0.15, -0.1) is 0 Å². The van der Waals surface area contributed by atoms with Crippen molar-refractivity contribution in [2.75, 3.05) is 18.9 Å². The summed E-state index contributed by atoms with van der Waals surface area (Å²) in [6.07, 6.45) is 0. The minimum absolute atomic E-state index is 0.0289. The van der Waals surface area contributed by atoms with Crippen molar-refractivity contribution >= 4 is 29.3 Å². The molecule has 0 aliphatic carbocycles. The molecule has 0 saturated heterocycles. The van der Waals surface area contributed by atoms with Crippen LogP contribution in [0.15, 0.2) is 18.2 Å². The molecule has 0 atom stereocenters. The van der Waals surface area contributed by atoms with Gasteiger partial charge in [0.2, 0.25) is 0 Å². The molecule has 1 aromatic rings. The number of anilines is 1. The Hall–Kier alpha value is -1.75. The van der Waals surface area contributed by atoms with Gasteiger partial charge >= 0.3 is 12.0 Å². The zero-order chi connectivity index (χ0) is 14.6. The van der Waals surface area contributed by atoms with Gasteiger partial charge in [0.1, 0.15) is 0 Å². The van der Waals surface area contributed by atoms with E-state index in [0.29, 0.717) is 17.5 Å². The van der Waals surface area contributed by atoms with Crippen LogP contribution in [0.4, 0.5) is 10.5 Å². The Morgan fingerprint density at radius 1 is 1.42 bits per heavy atom. The fraction of sp³-hybridized carbons (Fsp3) is 0.385. The van der Waals surface area contributed by atoms with Crippen molar-refractivity contribution in [2.24, 2.45) is 5.92 Å². The summed E-state index contributed by atoms with van der Waals surface area (Å²) < 4.78 is 0. The molecule has 0 unspecified atom stereocenters. The van der Waals surface area contributed by atoms with Crippen molar-refractivity contribution in [3.63, 3.8) is 0 Å². The van der Waals surface area contributed by atoms with Gasteiger partial charge in [0.25, 0.3) is 0 Å². The van der Waals surface area contributed by atoms with E-state index in [1.54, 1.807) is 7.05 Å². The minimum Gasteiger partial charge on any atom is -0.478 e. The number of rotatable bonds is 4. The number of hydrogen-bond donors (Lipinski definition) is 2. The number of nitrogens with zero attached hydrogens (tertiary/aromatic N) is 1. The molecule has 5 nitrogen and oxygen atoms in total. The van der Waals surface area contributed by atoms with Gasteiger partial charge in [-0.2, -0.15) is 0 Å². The number of hydrogen-bond acceptors (Lipinski definition) is 2. The number of carboxylic acid groups (broad SMARTS) is 1. The highest BCUT2D eigenvalue weighted by molar-refractivity contribution is 6.31. The molecule has 0 spiro atoms. The van der Waals surface area contributed by atoms with Crippen LogP contribution in [0.5, 0.6) is 0 Å². The number of carbonyl (C=O) groups is 2. The van der Waals surface area contributed by atoms with E-state index in [2.05, 4.69) is 5.32 Å². The molecule has 2 N–H and O–H groups in total. The minimum atomic E-state index is -1.13. The van der Waals surface area contributed by atoms with Crippen molar-refractivity contribution in [1.29, 1.82) is 0 Å². The Labute approximate surface area is 117 Å². The van der Waals surface area contributed by atoms with Crippen LogP contribution < -0.4 is 5.32 Å². The molecule has 0 bridgehead atoms. The van der Waals surface area contributed by atoms with Crippen LogP contribution in [0.2, 0.25) is 5.02 Å². The molecule has 0 heterocycles. The van der Waals surface area contributed by atoms with Crippen LogP contribution >= 0.6 is 11.6 Å². The number of nitrogens with one attached hydrogen (secondary N) is 1. The maximum absolute atomic E-state index is 11.9. The Balaban J connectivity index is 2.87. The topological polar surface area (TPSA) is 69.6 Å². The second-order valence-electron chi connectivity index (χ2n) is 4.70. The summed E-state index contributed by atoms with van der Waals surface area (Å²) in [7, 11) is 1.66. The van der Waals surface area contributed by atoms with Gasteiger partial charge in [-0.05, 0) is 24.1 Å². The molecule has 0 radical (unpaired) electrons. The Bertz CT molecular complexity index is 489. The van der Waals surface area contributed by atoms with Crippen molar-refractivity contribution in [1.82, 2.24) is 4.90 Å². The standard InChI is InChI=1S/C13H17ClN2O3/c1-8(2)7-16(3)13(19)15-11-5-4-9(14)6-10(11)12(17)18/h4-6,8H,7H2,1-3H3,(H,15,19)(H,17,18). The van der Waals surface area contributed by atoms with Crippen molar-refractivity contribution in [3.05, 3.63) is 28.8 Å². The molecule has 1 aromatic carbocycles. The number of urea groups is 1. The SMILES string of the molecule is CC(C)CN(C)C(=O)Nc1ccc(Cl)cc1C(=O)O. The maximum atomic E-state index is 11.9. The lowest BCUT2D eigenvalue weighted by Gasteiger charge is -2.20. The highest BCUT2D eigenvalue weighted by atomic mass is 35.5. The number of carboxylic acids is 1. The zero-order valence-electron chi connectivity index (χ0n) is 11.1. The van der Waals surface area contributed by atoms with E-state index in [0.717, 1.165) is 0 Å². The van der Waals surface area contributed by atoms with Crippen LogP contribution in [-0.4, -0.2) is 35.6 Å². The van der Waals surface area contributed by atoms with Gasteiger partial charge < -0.3 is 15.3 Å². The zero-order valence-corrected chi connectivity index (χ0v) is 11.9. The summed E-state index contributed by atoms with van der Waals surface area (Å²) >= 11 is 5.74. The van der Waals surface area contributed by atoms with Gasteiger partial charge in [0.15, 0.2) is 0 Å². The third-order valence-corrected chi connectivity index (χ3v) is 2.67. The summed E-state index contributed by atoms with van der Waals surface area (Å²) in [5.41, 5.74) is 0.205. The van der Waals surface area contributed by atoms with E-state index in [4.69, 9.17) is 16.7 Å². The molecule has 2 amide bonds. The number of halogens is 1. The first-order chi connectivity index (χ1) is 8.81. The highest BCUT2D eigenvalue weighted by Gasteiger charge is 2.15. The lowest BCUT2D eigenvalue weighted by atomic mass is 10.2. The second kappa shape index (κ2) is 6.43. The third kappa shape index (κ3) is 4.44. The largest absolute Gasteiger partial charge is 0.478 e. The maximum Gasteiger partial charge on any atom is 0.337 e. The van der Waals surface area contributed by atoms with Crippen LogP contribution in [0.1, 0.15) is 24.2 Å². The quantitative estimate of drug-likeness (QED) is 0.892. The number of carbonyl (C=O) groups excluding carboxylic acids is 1. The summed E-state index contributed by atoms with van der Waals surface area (Å²) in [5, 5.41) is 11.9. The lowest BCUT2D eigenvalue weighted by Crippen LogP contribution is -2.34. The number of amides is 2. The fourth-order valence-electron chi connectivity index (χ4n) is 1.64. The van der Waals surface area contributed by atoms with Gasteiger partial charge in [-0.3, -0.25) is 0 Å². The van der Waals surface area contributed by atoms with Crippen molar-refractivity contribution in [3.8, 4) is 0 Å². The normalized spacial score (nSPS) is 10.4. The van der Waals surface area contributed by atoms with E-state index >= 15 is 0 Å². The van der Waals surface area contributed by atoms with E-state index in [9.17, 15) is 9.59 Å². The molecule has 0 aromatic heterocycles. The third-order valence-electron chi connectivity index (χ3n) is 2.44. The Morgan fingerprint density at radius 2 is 2.05 bits per heavy atom. The fourth-order valence-corrected chi connectivity index (χ4v) is 1.82. The Morgan fingerprint density at radius 3 is 2.58 bits per heavy atom. The summed E-state index contributed by atoms with van der Waals surface area (Å²) in [5.74, 6) is -0.802. The van der Waals surface area contributed by atoms with Crippen molar-refractivity contribution < 1.29 is 14.7 Å². The molecule has 0 aliphatic heterocycles. The van der Waals surface area contributed by atoms with E-state index in [-0.39, 0.29) is 17.3 Å². The second-order valence-corrected chi connectivity index (χ2v) is 5.14. The van der Waals surface area contributed by atoms with Crippen LogP contribution in [0, 0.1) is 5.92 Å². The van der Waals surface area contributed by atoms with Gasteiger partial charge in [0.05, 0.1) is 11.3 Å². The highest BCUT2D eigenvalue weighted by Crippen LogP contribution is 2.21. The molecule has 0 saturated carbocycles. The first-order valence-corrected chi connectivity index (χ1v) is 6.24. The average molecular weight is 285 g/mol. The molecule has 1 rings (SSSR count). The summed E-state index contributed by atoms with van der Waals surface area (Å²) in [6.45, 7) is 4.57. The first kappa shape index (κ1) is 15.3. The summed E-state index contributed by atoms with van der Waals surface area (Å²) in [4.78, 5) is 24.5. The average Bonchev–Trinajstić information content (AvgIpc) is 2.30. The number of benzene rings is 1. The van der Waals surface area contributed by atoms with Crippen LogP contribution in [-0.2, 0) is 0 Å². The predicted molar refractivity (Wildman–Crippen MR) is 74.9 cm³/mol. The van der Waals surface area contributed by atoms with E-state index in [1.807, 2.05) is 13.8 Å². The molecule has 0 aliphatic rings. The predicted octanol–water partition coefficient (Wildman–Crippen LogP) is 3.16. The monoisotopic (exact) mass is 284 g/mol. The van der Waals surface area contributed by atoms with E-state index < -0.39 is 5.97 Å². The number of aromatic carboxylic acids is 1. The van der Waals surface area contributed by atoms with Crippen LogP contribution in [0.25, 0.3) is 0 Å². The lowest BCUT2D eigenvalue weighted by molar-refractivity contribution is 0.0698. The van der Waals surface area contributed by atoms with Crippen LogP contribution in [0.3, 0.4) is 0 Å². The van der Waals surface area contributed by atoms with E-state index in [1.165, 1.54) is 23.1 Å². The first-order valence-electron chi connectivity index (χ1n) is 5.86.